The maximum atomic E-state index is 12.3. The molecule has 106 valence electrons. The van der Waals surface area contributed by atoms with Crippen molar-refractivity contribution in [3.63, 3.8) is 0 Å². The molecule has 0 unspecified atom stereocenters. The molecular weight excluding hydrogens is 419 g/mol. The number of carbonyl (C=O) groups excluding carboxylic acids is 1. The molecule has 3 rings (SSSR count). The first kappa shape index (κ1) is 14.8. The zero-order chi connectivity index (χ0) is 15.0. The van der Waals surface area contributed by atoms with E-state index in [-0.39, 0.29) is 5.91 Å². The minimum Gasteiger partial charge on any atom is -0.312 e. The Hall–Kier alpha value is -1.10. The van der Waals surface area contributed by atoms with Crippen molar-refractivity contribution in [3.05, 3.63) is 48.4 Å². The van der Waals surface area contributed by atoms with Crippen LogP contribution in [0, 0.1) is 14.9 Å². The lowest BCUT2D eigenvalue weighted by molar-refractivity contribution is 0.102. The van der Waals surface area contributed by atoms with Gasteiger partial charge in [0.25, 0.3) is 5.91 Å². The van der Waals surface area contributed by atoms with Gasteiger partial charge in [0, 0.05) is 14.0 Å². The SMILES string of the molecule is N#Cc1c(NC(=O)c2ccc(I)c(Cl)c2)sc2c1CCC2. The molecule has 1 aliphatic carbocycles. The summed E-state index contributed by atoms with van der Waals surface area (Å²) in [6.07, 6.45) is 3.02. The van der Waals surface area contributed by atoms with Gasteiger partial charge in [-0.25, -0.2) is 0 Å². The van der Waals surface area contributed by atoms with E-state index in [2.05, 4.69) is 34.0 Å². The highest BCUT2D eigenvalue weighted by Crippen LogP contribution is 2.38. The van der Waals surface area contributed by atoms with E-state index >= 15 is 0 Å². The predicted molar refractivity (Wildman–Crippen MR) is 93.2 cm³/mol. The van der Waals surface area contributed by atoms with E-state index in [1.165, 1.54) is 16.2 Å². The summed E-state index contributed by atoms with van der Waals surface area (Å²) in [5.41, 5.74) is 2.23. The Kier molecular flexibility index (Phi) is 4.20. The third-order valence-electron chi connectivity index (χ3n) is 3.44. The number of hydrogen-bond acceptors (Lipinski definition) is 3. The third kappa shape index (κ3) is 2.80. The number of halogens is 2. The van der Waals surface area contributed by atoms with E-state index in [0.717, 1.165) is 28.4 Å². The van der Waals surface area contributed by atoms with Crippen LogP contribution in [-0.4, -0.2) is 5.91 Å². The number of carbonyl (C=O) groups is 1. The van der Waals surface area contributed by atoms with E-state index in [4.69, 9.17) is 11.6 Å². The number of nitriles is 1. The molecule has 0 radical (unpaired) electrons. The number of nitrogens with one attached hydrogen (secondary N) is 1. The molecule has 0 spiro atoms. The molecule has 6 heteroatoms. The van der Waals surface area contributed by atoms with Crippen LogP contribution in [0.4, 0.5) is 5.00 Å². The van der Waals surface area contributed by atoms with Gasteiger partial charge in [-0.1, -0.05) is 11.6 Å². The first-order valence-electron chi connectivity index (χ1n) is 6.41. The first-order chi connectivity index (χ1) is 10.1. The molecule has 1 N–H and O–H groups in total. The highest BCUT2D eigenvalue weighted by molar-refractivity contribution is 14.1. The maximum absolute atomic E-state index is 12.3. The lowest BCUT2D eigenvalue weighted by Gasteiger charge is -2.05. The van der Waals surface area contributed by atoms with Gasteiger partial charge >= 0.3 is 0 Å². The van der Waals surface area contributed by atoms with Gasteiger partial charge in [-0.3, -0.25) is 4.79 Å². The smallest absolute Gasteiger partial charge is 0.256 e. The van der Waals surface area contributed by atoms with Gasteiger partial charge in [0.05, 0.1) is 10.6 Å². The molecule has 1 aliphatic rings. The van der Waals surface area contributed by atoms with Crippen LogP contribution >= 0.6 is 45.5 Å². The summed E-state index contributed by atoms with van der Waals surface area (Å²) in [4.78, 5) is 13.5. The average molecular weight is 429 g/mol. The second kappa shape index (κ2) is 5.95. The molecule has 0 saturated carbocycles. The summed E-state index contributed by atoms with van der Waals surface area (Å²) >= 11 is 9.67. The molecule has 1 aromatic heterocycles. The van der Waals surface area contributed by atoms with Gasteiger partial charge in [-0.2, -0.15) is 5.26 Å². The number of nitrogens with zero attached hydrogens (tertiary/aromatic N) is 1. The number of amides is 1. The molecule has 3 nitrogen and oxygen atoms in total. The van der Waals surface area contributed by atoms with E-state index < -0.39 is 0 Å². The van der Waals surface area contributed by atoms with E-state index in [1.54, 1.807) is 18.2 Å². The number of anilines is 1. The molecule has 0 saturated heterocycles. The lowest BCUT2D eigenvalue weighted by Crippen LogP contribution is -2.12. The fourth-order valence-corrected chi connectivity index (χ4v) is 4.17. The van der Waals surface area contributed by atoms with E-state index in [0.29, 0.717) is 21.2 Å². The number of aryl methyl sites for hydroxylation is 1. The zero-order valence-corrected chi connectivity index (χ0v) is 14.6. The second-order valence-electron chi connectivity index (χ2n) is 4.76. The van der Waals surface area contributed by atoms with Gasteiger partial charge in [0.2, 0.25) is 0 Å². The fraction of sp³-hybridized carbons (Fsp3) is 0.200. The summed E-state index contributed by atoms with van der Waals surface area (Å²) in [7, 11) is 0. The summed E-state index contributed by atoms with van der Waals surface area (Å²) in [6, 6.07) is 7.40. The van der Waals surface area contributed by atoms with Crippen molar-refractivity contribution in [1.82, 2.24) is 0 Å². The van der Waals surface area contributed by atoms with Crippen LogP contribution in [0.5, 0.6) is 0 Å². The van der Waals surface area contributed by atoms with Gasteiger partial charge in [0.15, 0.2) is 0 Å². The van der Waals surface area contributed by atoms with Crippen molar-refractivity contribution in [2.75, 3.05) is 5.32 Å². The number of thiophene rings is 1. The second-order valence-corrected chi connectivity index (χ2v) is 7.43. The minimum absolute atomic E-state index is 0.232. The quantitative estimate of drug-likeness (QED) is 0.710. The molecule has 1 amide bonds. The normalized spacial score (nSPS) is 12.8. The molecule has 0 aliphatic heterocycles. The van der Waals surface area contributed by atoms with Crippen molar-refractivity contribution in [2.24, 2.45) is 0 Å². The largest absolute Gasteiger partial charge is 0.312 e. The Balaban J connectivity index is 1.88. The summed E-state index contributed by atoms with van der Waals surface area (Å²) in [5.74, 6) is -0.232. The van der Waals surface area contributed by atoms with Crippen molar-refractivity contribution in [3.8, 4) is 6.07 Å². The summed E-state index contributed by atoms with van der Waals surface area (Å²) < 4.78 is 0.902. The fourth-order valence-electron chi connectivity index (χ4n) is 2.42. The van der Waals surface area contributed by atoms with Crippen LogP contribution in [0.15, 0.2) is 18.2 Å². The van der Waals surface area contributed by atoms with E-state index in [1.807, 2.05) is 0 Å². The van der Waals surface area contributed by atoms with Gasteiger partial charge in [-0.05, 0) is 65.6 Å². The lowest BCUT2D eigenvalue weighted by atomic mass is 10.1. The van der Waals surface area contributed by atoms with Crippen LogP contribution in [0.3, 0.4) is 0 Å². The first-order valence-corrected chi connectivity index (χ1v) is 8.68. The van der Waals surface area contributed by atoms with Crippen LogP contribution in [0.1, 0.15) is 32.8 Å². The minimum atomic E-state index is -0.232. The molecule has 1 heterocycles. The highest BCUT2D eigenvalue weighted by Gasteiger charge is 2.23. The Morgan fingerprint density at radius 3 is 2.95 bits per heavy atom. The standard InChI is InChI=1S/C15H10ClIN2OS/c16-11-6-8(4-5-12(11)17)14(20)19-15-10(7-18)9-2-1-3-13(9)21-15/h4-6H,1-3H2,(H,19,20). The monoisotopic (exact) mass is 428 g/mol. The van der Waals surface area contributed by atoms with Crippen LogP contribution in [0.25, 0.3) is 0 Å². The summed E-state index contributed by atoms with van der Waals surface area (Å²) in [6.45, 7) is 0. The molecule has 0 atom stereocenters. The Bertz CT molecular complexity index is 779. The van der Waals surface area contributed by atoms with Gasteiger partial charge < -0.3 is 5.32 Å². The number of benzene rings is 1. The van der Waals surface area contributed by atoms with Crippen molar-refractivity contribution in [1.29, 1.82) is 5.26 Å². The summed E-state index contributed by atoms with van der Waals surface area (Å²) in [5, 5.41) is 13.4. The van der Waals surface area contributed by atoms with Crippen molar-refractivity contribution in [2.45, 2.75) is 19.3 Å². The topological polar surface area (TPSA) is 52.9 Å². The Morgan fingerprint density at radius 2 is 2.24 bits per heavy atom. The van der Waals surface area contributed by atoms with Gasteiger partial charge in [0.1, 0.15) is 11.1 Å². The van der Waals surface area contributed by atoms with Crippen molar-refractivity contribution < 1.29 is 4.79 Å². The molecule has 2 aromatic rings. The molecule has 0 fully saturated rings. The number of hydrogen-bond donors (Lipinski definition) is 1. The highest BCUT2D eigenvalue weighted by atomic mass is 127. The van der Waals surface area contributed by atoms with Crippen LogP contribution in [0.2, 0.25) is 5.02 Å². The molecular formula is C15H10ClIN2OS. The maximum Gasteiger partial charge on any atom is 0.256 e. The van der Waals surface area contributed by atoms with Crippen LogP contribution < -0.4 is 5.32 Å². The molecule has 21 heavy (non-hydrogen) atoms. The third-order valence-corrected chi connectivity index (χ3v) is 6.22. The number of rotatable bonds is 2. The van der Waals surface area contributed by atoms with Gasteiger partial charge in [-0.15, -0.1) is 11.3 Å². The molecule has 1 aromatic carbocycles. The van der Waals surface area contributed by atoms with Crippen molar-refractivity contribution >= 4 is 56.4 Å². The number of fused-ring (bicyclic) bond motifs is 1. The van der Waals surface area contributed by atoms with E-state index in [9.17, 15) is 10.1 Å². The van der Waals surface area contributed by atoms with Crippen LogP contribution in [-0.2, 0) is 12.8 Å². The Morgan fingerprint density at radius 1 is 1.43 bits per heavy atom. The molecule has 0 bridgehead atoms. The average Bonchev–Trinajstić information content (AvgIpc) is 3.02. The predicted octanol–water partition coefficient (Wildman–Crippen LogP) is 4.62. The Labute approximate surface area is 145 Å². The zero-order valence-electron chi connectivity index (χ0n) is 10.9.